The Labute approximate surface area is 336 Å². The number of aromatic amines is 1. The average molecular weight is 820 g/mol. The number of hydrogen-bond donors (Lipinski definition) is 2. The molecule has 304 valence electrons. The van der Waals surface area contributed by atoms with Crippen LogP contribution in [0.4, 0.5) is 29.3 Å². The molecule has 0 unspecified atom stereocenters. The van der Waals surface area contributed by atoms with Crippen LogP contribution >= 0.6 is 11.6 Å². The summed E-state index contributed by atoms with van der Waals surface area (Å²) in [5.41, 5.74) is 5.45. The van der Waals surface area contributed by atoms with Gasteiger partial charge in [-0.3, -0.25) is 9.78 Å². The highest BCUT2D eigenvalue weighted by Gasteiger charge is 2.37. The number of hydrogen-bond acceptors (Lipinski definition) is 9. The molecule has 2 fully saturated rings. The molecule has 2 aliphatic heterocycles. The summed E-state index contributed by atoms with van der Waals surface area (Å²) in [5.74, 6) is -0.00562. The first-order chi connectivity index (χ1) is 27.8. The predicted molar refractivity (Wildman–Crippen MR) is 210 cm³/mol. The van der Waals surface area contributed by atoms with E-state index in [1.807, 2.05) is 47.4 Å². The van der Waals surface area contributed by atoms with Gasteiger partial charge in [0.25, 0.3) is 5.91 Å². The van der Waals surface area contributed by atoms with Gasteiger partial charge >= 0.3 is 23.9 Å². The van der Waals surface area contributed by atoms with Crippen LogP contribution < -0.4 is 16.3 Å². The summed E-state index contributed by atoms with van der Waals surface area (Å²) in [6.07, 6.45) is 0.297. The number of halogens is 4. The fraction of sp³-hybridized carbons (Fsp3) is 0.341. The van der Waals surface area contributed by atoms with Gasteiger partial charge in [-0.1, -0.05) is 54.1 Å². The maximum Gasteiger partial charge on any atom is 0.418 e. The molecule has 1 aromatic heterocycles. The molecule has 0 radical (unpaired) electrons. The van der Waals surface area contributed by atoms with E-state index >= 15 is 0 Å². The average Bonchev–Trinajstić information content (AvgIpc) is 3.63. The molecule has 7 rings (SSSR count). The number of ether oxygens (including phenoxy) is 2. The summed E-state index contributed by atoms with van der Waals surface area (Å²) in [4.78, 5) is 60.9. The van der Waals surface area contributed by atoms with Crippen molar-refractivity contribution >= 4 is 40.9 Å². The Balaban J connectivity index is 1.01. The van der Waals surface area contributed by atoms with Gasteiger partial charge in [0, 0.05) is 63.4 Å². The van der Waals surface area contributed by atoms with Crippen molar-refractivity contribution in [1.29, 1.82) is 0 Å². The number of piperazine rings is 1. The van der Waals surface area contributed by atoms with Gasteiger partial charge in [0.15, 0.2) is 11.9 Å². The van der Waals surface area contributed by atoms with Crippen LogP contribution in [-0.4, -0.2) is 87.9 Å². The molecule has 1 aliphatic carbocycles. The third-order valence-electron chi connectivity index (χ3n) is 10.5. The second-order valence-corrected chi connectivity index (χ2v) is 14.7. The van der Waals surface area contributed by atoms with Gasteiger partial charge in [-0.25, -0.2) is 19.1 Å². The maximum atomic E-state index is 14.1. The quantitative estimate of drug-likeness (QED) is 0.140. The topological polar surface area (TPSA) is 156 Å². The summed E-state index contributed by atoms with van der Waals surface area (Å²) < 4.78 is 54.3. The number of nitrogens with two attached hydrogens (primary N) is 1. The van der Waals surface area contributed by atoms with Crippen LogP contribution in [0.5, 0.6) is 0 Å². The van der Waals surface area contributed by atoms with Gasteiger partial charge in [-0.2, -0.15) is 13.2 Å². The smallest absolute Gasteiger partial charge is 0.418 e. The summed E-state index contributed by atoms with van der Waals surface area (Å²) in [7, 11) is 0. The standard InChI is InChI=1S/C41H41ClF3N7O6/c42-33-24-26(23-32(35(33)46)41(43,44)45)25-34(58-40(56)51-17-15-30(16-18-51)52-39(55)47-36(48-52)27-7-3-1-4-8-27)37(53)50-21-19-49(20-22-50)29-13-11-28(12-14-29)38(54)57-31-9-5-2-6-10-31/h1-5,7-9,11-14,23-24,30,34H,6,10,15-22,25,46H2,(H,47,48,55)/t34-/m1/s1. The maximum absolute atomic E-state index is 14.1. The second-order valence-electron chi connectivity index (χ2n) is 14.3. The molecule has 4 aromatic rings. The molecule has 17 heteroatoms. The number of carbonyl (C=O) groups is 3. The van der Waals surface area contributed by atoms with Gasteiger partial charge in [-0.15, -0.1) is 5.10 Å². The fourth-order valence-corrected chi connectivity index (χ4v) is 7.50. The van der Waals surface area contributed by atoms with E-state index in [2.05, 4.69) is 10.1 Å². The van der Waals surface area contributed by atoms with Crippen LogP contribution in [0.1, 0.15) is 53.2 Å². The predicted octanol–water partition coefficient (Wildman–Crippen LogP) is 6.62. The number of H-pyrrole nitrogens is 1. The lowest BCUT2D eigenvalue weighted by atomic mass is 10.0. The number of anilines is 2. The van der Waals surface area contributed by atoms with E-state index in [-0.39, 0.29) is 54.9 Å². The van der Waals surface area contributed by atoms with Crippen LogP contribution in [-0.2, 0) is 26.9 Å². The summed E-state index contributed by atoms with van der Waals surface area (Å²) in [6.45, 7) is 1.61. The zero-order chi connectivity index (χ0) is 41.0. The molecule has 1 atom stereocenters. The van der Waals surface area contributed by atoms with Crippen LogP contribution in [0.25, 0.3) is 11.4 Å². The lowest BCUT2D eigenvalue weighted by Gasteiger charge is -2.38. The Kier molecular flexibility index (Phi) is 11.9. The van der Waals surface area contributed by atoms with Gasteiger partial charge in [0.05, 0.1) is 27.9 Å². The number of amides is 2. The highest BCUT2D eigenvalue weighted by Crippen LogP contribution is 2.38. The minimum absolute atomic E-state index is 0.0111. The zero-order valence-electron chi connectivity index (χ0n) is 31.3. The lowest BCUT2D eigenvalue weighted by molar-refractivity contribution is -0.141. The molecule has 3 heterocycles. The van der Waals surface area contributed by atoms with Crippen molar-refractivity contribution in [1.82, 2.24) is 24.6 Å². The van der Waals surface area contributed by atoms with Crippen molar-refractivity contribution in [2.75, 3.05) is 49.9 Å². The molecule has 2 saturated heterocycles. The van der Waals surface area contributed by atoms with E-state index in [9.17, 15) is 32.3 Å². The summed E-state index contributed by atoms with van der Waals surface area (Å²) in [6, 6.07) is 17.9. The molecule has 13 nitrogen and oxygen atoms in total. The number of nitrogens with one attached hydrogen (secondary N) is 1. The zero-order valence-corrected chi connectivity index (χ0v) is 32.0. The minimum Gasteiger partial charge on any atom is -0.436 e. The first kappa shape index (κ1) is 40.2. The molecular weight excluding hydrogens is 779 g/mol. The number of rotatable bonds is 9. The van der Waals surface area contributed by atoms with Crippen molar-refractivity contribution < 1.29 is 37.0 Å². The second kappa shape index (κ2) is 17.2. The number of esters is 1. The van der Waals surface area contributed by atoms with Crippen molar-refractivity contribution in [2.45, 2.75) is 50.4 Å². The first-order valence-corrected chi connectivity index (χ1v) is 19.3. The van der Waals surface area contributed by atoms with Crippen molar-refractivity contribution in [3.8, 4) is 11.4 Å². The van der Waals surface area contributed by atoms with Crippen LogP contribution in [0.2, 0.25) is 5.02 Å². The third kappa shape index (κ3) is 9.23. The third-order valence-corrected chi connectivity index (χ3v) is 10.8. The van der Waals surface area contributed by atoms with Crippen molar-refractivity contribution in [2.24, 2.45) is 0 Å². The molecule has 3 N–H and O–H groups in total. The van der Waals surface area contributed by atoms with Gasteiger partial charge in [0.1, 0.15) is 5.76 Å². The SMILES string of the molecule is Nc1c(Cl)cc(C[C@@H](OC(=O)N2CCC(n3nc(-c4ccccc4)[nH]c3=O)CC2)C(=O)N2CCN(c3ccc(C(=O)OC4=CC=CCC4)cc3)CC2)cc1C(F)(F)F. The van der Waals surface area contributed by atoms with E-state index in [4.69, 9.17) is 26.8 Å². The number of piperidine rings is 1. The van der Waals surface area contributed by atoms with Crippen LogP contribution in [0.3, 0.4) is 0 Å². The van der Waals surface area contributed by atoms with Gasteiger partial charge in [0.2, 0.25) is 0 Å². The molecular formula is C41H41ClF3N7O6. The molecule has 0 bridgehead atoms. The highest BCUT2D eigenvalue weighted by molar-refractivity contribution is 6.33. The fourth-order valence-electron chi connectivity index (χ4n) is 7.26. The summed E-state index contributed by atoms with van der Waals surface area (Å²) in [5, 5.41) is 4.13. The Morgan fingerprint density at radius 1 is 0.948 bits per heavy atom. The Morgan fingerprint density at radius 2 is 1.66 bits per heavy atom. The first-order valence-electron chi connectivity index (χ1n) is 18.9. The molecule has 0 saturated carbocycles. The minimum atomic E-state index is -4.82. The molecule has 2 amide bonds. The van der Waals surface area contributed by atoms with E-state index in [0.29, 0.717) is 49.5 Å². The van der Waals surface area contributed by atoms with Crippen LogP contribution in [0.15, 0.2) is 95.5 Å². The number of carbonyl (C=O) groups excluding carboxylic acids is 3. The van der Waals surface area contributed by atoms with E-state index in [1.165, 1.54) is 20.5 Å². The van der Waals surface area contributed by atoms with Gasteiger partial charge < -0.3 is 29.9 Å². The Morgan fingerprint density at radius 3 is 2.31 bits per heavy atom. The number of nitrogen functional groups attached to an aromatic ring is 1. The summed E-state index contributed by atoms with van der Waals surface area (Å²) >= 11 is 6.12. The Bertz CT molecular complexity index is 2260. The number of aromatic nitrogens is 3. The molecule has 0 spiro atoms. The lowest BCUT2D eigenvalue weighted by Crippen LogP contribution is -2.53. The highest BCUT2D eigenvalue weighted by atomic mass is 35.5. The molecule has 58 heavy (non-hydrogen) atoms. The largest absolute Gasteiger partial charge is 0.436 e. The number of allylic oxidation sites excluding steroid dienone is 4. The number of benzene rings is 3. The Hall–Kier alpha value is -6.03. The van der Waals surface area contributed by atoms with E-state index in [1.54, 1.807) is 30.3 Å². The van der Waals surface area contributed by atoms with Crippen molar-refractivity contribution in [3.05, 3.63) is 123 Å². The monoisotopic (exact) mass is 819 g/mol. The molecule has 3 aromatic carbocycles. The van der Waals surface area contributed by atoms with E-state index < -0.39 is 41.5 Å². The van der Waals surface area contributed by atoms with E-state index in [0.717, 1.165) is 23.7 Å². The number of nitrogens with zero attached hydrogens (tertiary/aromatic N) is 5. The molecule has 3 aliphatic rings. The van der Waals surface area contributed by atoms with Crippen molar-refractivity contribution in [3.63, 3.8) is 0 Å². The number of likely N-dealkylation sites (tertiary alicyclic amines) is 1. The number of alkyl halides is 3. The normalized spacial score (nSPS) is 16.8. The van der Waals surface area contributed by atoms with Crippen LogP contribution in [0, 0.1) is 0 Å². The van der Waals surface area contributed by atoms with Gasteiger partial charge in [-0.05, 0) is 67.3 Å².